The number of esters is 1. The third-order valence-corrected chi connectivity index (χ3v) is 3.01. The topological polar surface area (TPSA) is 61.5 Å². The predicted octanol–water partition coefficient (Wildman–Crippen LogP) is 1.82. The molecule has 0 fully saturated rings. The number of ether oxygens (including phenoxy) is 2. The average molecular weight is 271 g/mol. The largest absolute Gasteiger partial charge is 0.493 e. The molecule has 0 unspecified atom stereocenters. The van der Waals surface area contributed by atoms with Crippen molar-refractivity contribution >= 4 is 5.97 Å². The van der Waals surface area contributed by atoms with Crippen LogP contribution in [0.5, 0.6) is 5.75 Å². The molecule has 6 heteroatoms. The highest BCUT2D eigenvalue weighted by molar-refractivity contribution is 5.79. The van der Waals surface area contributed by atoms with Crippen LogP contribution in [0.15, 0.2) is 18.2 Å². The molecule has 0 aromatic heterocycles. The summed E-state index contributed by atoms with van der Waals surface area (Å²) < 4.78 is 37.2. The normalized spacial score (nSPS) is 15.6. The molecular formula is C13H15F2NO3. The predicted molar refractivity (Wildman–Crippen MR) is 64.1 cm³/mol. The molecule has 1 aliphatic heterocycles. The summed E-state index contributed by atoms with van der Waals surface area (Å²) >= 11 is 0. The van der Waals surface area contributed by atoms with Crippen molar-refractivity contribution in [2.75, 3.05) is 13.2 Å². The Bertz CT molecular complexity index is 491. The van der Waals surface area contributed by atoms with Gasteiger partial charge in [0.05, 0.1) is 13.2 Å². The number of nitrogens with two attached hydrogens (primary N) is 1. The second kappa shape index (κ2) is 5.13. The van der Waals surface area contributed by atoms with Gasteiger partial charge in [-0.05, 0) is 24.1 Å². The number of alkyl halides is 2. The minimum absolute atomic E-state index is 0.112. The van der Waals surface area contributed by atoms with Crippen LogP contribution in [0.3, 0.4) is 0 Å². The summed E-state index contributed by atoms with van der Waals surface area (Å²) in [5.41, 5.74) is 6.53. The Kier molecular flexibility index (Phi) is 3.71. The summed E-state index contributed by atoms with van der Waals surface area (Å²) in [5.74, 6) is -4.67. The number of carbonyl (C=O) groups excluding carboxylic acids is 1. The van der Waals surface area contributed by atoms with E-state index in [0.717, 1.165) is 5.56 Å². The first-order valence-corrected chi connectivity index (χ1v) is 6.03. The molecule has 4 nitrogen and oxygen atoms in total. The molecule has 2 N–H and O–H groups in total. The van der Waals surface area contributed by atoms with E-state index < -0.39 is 17.9 Å². The van der Waals surface area contributed by atoms with Crippen LogP contribution in [-0.4, -0.2) is 25.1 Å². The Labute approximate surface area is 109 Å². The van der Waals surface area contributed by atoms with Crippen molar-refractivity contribution in [3.05, 3.63) is 29.3 Å². The van der Waals surface area contributed by atoms with Gasteiger partial charge in [0.2, 0.25) is 0 Å². The van der Waals surface area contributed by atoms with Gasteiger partial charge in [-0.15, -0.1) is 0 Å². The smallest absolute Gasteiger partial charge is 0.379 e. The molecular weight excluding hydrogens is 256 g/mol. The Morgan fingerprint density at radius 3 is 3.00 bits per heavy atom. The number of carbonyl (C=O) groups is 1. The van der Waals surface area contributed by atoms with Crippen molar-refractivity contribution in [2.24, 2.45) is 5.73 Å². The molecule has 1 aromatic carbocycles. The molecule has 0 amide bonds. The fraction of sp³-hybridized carbons (Fsp3) is 0.462. The first kappa shape index (κ1) is 13.7. The van der Waals surface area contributed by atoms with Crippen molar-refractivity contribution in [3.8, 4) is 5.75 Å². The second-order valence-electron chi connectivity index (χ2n) is 4.29. The molecule has 19 heavy (non-hydrogen) atoms. The fourth-order valence-corrected chi connectivity index (χ4v) is 1.96. The van der Waals surface area contributed by atoms with Crippen molar-refractivity contribution in [1.82, 2.24) is 0 Å². The molecule has 0 bridgehead atoms. The van der Waals surface area contributed by atoms with Gasteiger partial charge >= 0.3 is 11.9 Å². The van der Waals surface area contributed by atoms with Gasteiger partial charge in [0.25, 0.3) is 0 Å². The number of hydrogen-bond acceptors (Lipinski definition) is 4. The number of halogens is 2. The lowest BCUT2D eigenvalue weighted by Gasteiger charge is -2.22. The highest BCUT2D eigenvalue weighted by Gasteiger charge is 2.47. The first-order chi connectivity index (χ1) is 8.96. The molecule has 104 valence electrons. The lowest BCUT2D eigenvalue weighted by molar-refractivity contribution is -0.174. The fourth-order valence-electron chi connectivity index (χ4n) is 1.96. The number of rotatable bonds is 4. The van der Waals surface area contributed by atoms with Crippen LogP contribution in [0.25, 0.3) is 0 Å². The van der Waals surface area contributed by atoms with Crippen LogP contribution in [0, 0.1) is 0 Å². The molecule has 0 spiro atoms. The lowest BCUT2D eigenvalue weighted by Crippen LogP contribution is -2.41. The average Bonchev–Trinajstić information content (AvgIpc) is 2.85. The van der Waals surface area contributed by atoms with E-state index in [1.54, 1.807) is 12.1 Å². The molecule has 0 aliphatic carbocycles. The van der Waals surface area contributed by atoms with Gasteiger partial charge < -0.3 is 15.2 Å². The third-order valence-electron chi connectivity index (χ3n) is 3.01. The van der Waals surface area contributed by atoms with Crippen molar-refractivity contribution in [1.29, 1.82) is 0 Å². The monoisotopic (exact) mass is 271 g/mol. The minimum atomic E-state index is -3.75. The summed E-state index contributed by atoms with van der Waals surface area (Å²) in [7, 11) is 0. The number of hydrogen-bond donors (Lipinski definition) is 1. The van der Waals surface area contributed by atoms with Crippen molar-refractivity contribution < 1.29 is 23.0 Å². The SMILES string of the molecule is CCOC(=O)C(F)(F)[C@H](N)c1ccc2c(c1)CCO2. The van der Waals surface area contributed by atoms with Crippen LogP contribution in [0.4, 0.5) is 8.78 Å². The Balaban J connectivity index is 2.23. The maximum atomic E-state index is 13.8. The third kappa shape index (κ3) is 2.53. The minimum Gasteiger partial charge on any atom is -0.493 e. The molecule has 1 heterocycles. The van der Waals surface area contributed by atoms with Gasteiger partial charge in [0.1, 0.15) is 11.8 Å². The summed E-state index contributed by atoms with van der Waals surface area (Å²) in [5, 5.41) is 0. The molecule has 0 radical (unpaired) electrons. The van der Waals surface area contributed by atoms with E-state index in [0.29, 0.717) is 18.8 Å². The first-order valence-electron chi connectivity index (χ1n) is 6.03. The van der Waals surface area contributed by atoms with E-state index in [-0.39, 0.29) is 12.2 Å². The van der Waals surface area contributed by atoms with E-state index in [4.69, 9.17) is 10.5 Å². The standard InChI is InChI=1S/C13H15F2NO3/c1-2-18-12(17)13(14,15)11(16)9-3-4-10-8(7-9)5-6-19-10/h3-4,7,11H,2,5-6,16H2,1H3/t11-/m1/s1. The Morgan fingerprint density at radius 2 is 2.32 bits per heavy atom. The van der Waals surface area contributed by atoms with Crippen molar-refractivity contribution in [2.45, 2.75) is 25.3 Å². The zero-order valence-corrected chi connectivity index (χ0v) is 10.5. The van der Waals surface area contributed by atoms with Crippen LogP contribution in [0.2, 0.25) is 0 Å². The van der Waals surface area contributed by atoms with Gasteiger partial charge in [-0.1, -0.05) is 12.1 Å². The molecule has 1 aromatic rings. The van der Waals surface area contributed by atoms with E-state index in [1.807, 2.05) is 0 Å². The summed E-state index contributed by atoms with van der Waals surface area (Å²) in [4.78, 5) is 11.2. The summed E-state index contributed by atoms with van der Waals surface area (Å²) in [6.45, 7) is 1.88. The quantitative estimate of drug-likeness (QED) is 0.848. The zero-order valence-electron chi connectivity index (χ0n) is 10.5. The maximum Gasteiger partial charge on any atom is 0.379 e. The molecule has 2 rings (SSSR count). The number of benzene rings is 1. The molecule has 0 saturated heterocycles. The molecule has 1 atom stereocenters. The van der Waals surface area contributed by atoms with Crippen LogP contribution in [-0.2, 0) is 16.0 Å². The maximum absolute atomic E-state index is 13.8. The molecule has 0 saturated carbocycles. The zero-order chi connectivity index (χ0) is 14.0. The van der Waals surface area contributed by atoms with E-state index in [9.17, 15) is 13.6 Å². The van der Waals surface area contributed by atoms with Gasteiger partial charge in [0, 0.05) is 6.42 Å². The van der Waals surface area contributed by atoms with Crippen LogP contribution >= 0.6 is 0 Å². The molecule has 1 aliphatic rings. The van der Waals surface area contributed by atoms with Gasteiger partial charge in [-0.2, -0.15) is 8.78 Å². The van der Waals surface area contributed by atoms with Gasteiger partial charge in [-0.25, -0.2) is 4.79 Å². The number of fused-ring (bicyclic) bond motifs is 1. The Hall–Kier alpha value is -1.69. The second-order valence-corrected chi connectivity index (χ2v) is 4.29. The van der Waals surface area contributed by atoms with Gasteiger partial charge in [0.15, 0.2) is 0 Å². The van der Waals surface area contributed by atoms with E-state index in [1.165, 1.54) is 13.0 Å². The van der Waals surface area contributed by atoms with Crippen LogP contribution in [0.1, 0.15) is 24.1 Å². The van der Waals surface area contributed by atoms with Gasteiger partial charge in [-0.3, -0.25) is 0 Å². The van der Waals surface area contributed by atoms with E-state index >= 15 is 0 Å². The van der Waals surface area contributed by atoms with Crippen molar-refractivity contribution in [3.63, 3.8) is 0 Å². The lowest BCUT2D eigenvalue weighted by atomic mass is 9.98. The summed E-state index contributed by atoms with van der Waals surface area (Å²) in [6, 6.07) is 2.87. The highest BCUT2D eigenvalue weighted by atomic mass is 19.3. The van der Waals surface area contributed by atoms with E-state index in [2.05, 4.69) is 4.74 Å². The highest BCUT2D eigenvalue weighted by Crippen LogP contribution is 2.34. The Morgan fingerprint density at radius 1 is 1.58 bits per heavy atom. The summed E-state index contributed by atoms with van der Waals surface area (Å²) in [6.07, 6.45) is 0.654. The van der Waals surface area contributed by atoms with Crippen LogP contribution < -0.4 is 10.5 Å².